The van der Waals surface area contributed by atoms with E-state index in [0.29, 0.717) is 32.2 Å². The fourth-order valence-corrected chi connectivity index (χ4v) is 3.70. The zero-order valence-electron chi connectivity index (χ0n) is 16.9. The van der Waals surface area contributed by atoms with Gasteiger partial charge in [-0.25, -0.2) is 0 Å². The highest BCUT2D eigenvalue weighted by Crippen LogP contribution is 2.25. The number of likely N-dealkylation sites (tertiary alicyclic amines) is 1. The van der Waals surface area contributed by atoms with Crippen molar-refractivity contribution >= 4 is 29.9 Å². The number of nitrogens with one attached hydrogen (secondary N) is 1. The van der Waals surface area contributed by atoms with Crippen LogP contribution < -0.4 is 5.32 Å². The monoisotopic (exact) mass is 505 g/mol. The van der Waals surface area contributed by atoms with Crippen molar-refractivity contribution in [2.45, 2.75) is 51.9 Å². The van der Waals surface area contributed by atoms with E-state index in [4.69, 9.17) is 0 Å². The number of alkyl halides is 3. The van der Waals surface area contributed by atoms with Gasteiger partial charge < -0.3 is 10.2 Å². The van der Waals surface area contributed by atoms with Gasteiger partial charge in [0.2, 0.25) is 0 Å². The van der Waals surface area contributed by atoms with Gasteiger partial charge in [-0.05, 0) is 45.7 Å². The Hall–Kier alpha value is -0.290. The lowest BCUT2D eigenvalue weighted by Crippen LogP contribution is -2.57. The van der Waals surface area contributed by atoms with E-state index in [-0.39, 0.29) is 24.0 Å². The van der Waals surface area contributed by atoms with E-state index >= 15 is 0 Å². The maximum Gasteiger partial charge on any atom is 0.403 e. The van der Waals surface area contributed by atoms with Crippen LogP contribution >= 0.6 is 24.0 Å². The first-order valence-corrected chi connectivity index (χ1v) is 9.72. The van der Waals surface area contributed by atoms with Crippen molar-refractivity contribution in [2.75, 3.05) is 52.9 Å². The summed E-state index contributed by atoms with van der Waals surface area (Å²) in [5, 5.41) is 3.42. The summed E-state index contributed by atoms with van der Waals surface area (Å²) in [6, 6.07) is -0.966. The van der Waals surface area contributed by atoms with Crippen molar-refractivity contribution in [3.63, 3.8) is 0 Å². The summed E-state index contributed by atoms with van der Waals surface area (Å²) in [5.74, 6) is 1.61. The smallest absolute Gasteiger partial charge is 0.355 e. The number of halogens is 4. The third kappa shape index (κ3) is 7.23. The molecule has 2 atom stereocenters. The Kier molecular flexibility index (Phi) is 10.1. The Bertz CT molecular complexity index is 458. The highest BCUT2D eigenvalue weighted by molar-refractivity contribution is 14.0. The molecule has 2 fully saturated rings. The van der Waals surface area contributed by atoms with E-state index in [1.165, 1.54) is 24.7 Å². The summed E-state index contributed by atoms with van der Waals surface area (Å²) in [7, 11) is 1.74. The molecule has 1 N–H and O–H groups in total. The molecule has 0 spiro atoms. The van der Waals surface area contributed by atoms with Gasteiger partial charge in [-0.3, -0.25) is 14.8 Å². The summed E-state index contributed by atoms with van der Waals surface area (Å²) in [5.41, 5.74) is 0. The van der Waals surface area contributed by atoms with Gasteiger partial charge in [0, 0.05) is 45.8 Å². The highest BCUT2D eigenvalue weighted by Gasteiger charge is 2.41. The van der Waals surface area contributed by atoms with E-state index in [9.17, 15) is 13.2 Å². The van der Waals surface area contributed by atoms with Crippen LogP contribution in [-0.2, 0) is 0 Å². The third-order valence-electron chi connectivity index (χ3n) is 5.84. The number of piperazine rings is 1. The van der Waals surface area contributed by atoms with Crippen molar-refractivity contribution in [3.8, 4) is 0 Å². The molecule has 27 heavy (non-hydrogen) atoms. The van der Waals surface area contributed by atoms with Gasteiger partial charge in [-0.1, -0.05) is 6.92 Å². The van der Waals surface area contributed by atoms with Crippen molar-refractivity contribution in [1.29, 1.82) is 0 Å². The summed E-state index contributed by atoms with van der Waals surface area (Å²) in [6.45, 7) is 10.8. The summed E-state index contributed by atoms with van der Waals surface area (Å²) >= 11 is 0. The standard InChI is InChI=1S/C18H34F3N5.HI/c1-14-5-7-24(8-6-14)15(2)13-23-17(22-4)26-11-9-25(10-12-26)16(3)18(19,20)21;/h14-16H,5-13H2,1-4H3,(H,22,23);1H. The van der Waals surface area contributed by atoms with Gasteiger partial charge in [0.1, 0.15) is 6.04 Å². The Labute approximate surface area is 178 Å². The number of piperidine rings is 1. The molecule has 2 heterocycles. The van der Waals surface area contributed by atoms with Gasteiger partial charge in [-0.2, -0.15) is 13.2 Å². The van der Waals surface area contributed by atoms with Crippen LogP contribution in [0.15, 0.2) is 4.99 Å². The van der Waals surface area contributed by atoms with Crippen molar-refractivity contribution in [3.05, 3.63) is 0 Å². The van der Waals surface area contributed by atoms with Gasteiger partial charge in [0.15, 0.2) is 5.96 Å². The predicted molar refractivity (Wildman–Crippen MR) is 115 cm³/mol. The van der Waals surface area contributed by atoms with Crippen molar-refractivity contribution < 1.29 is 13.2 Å². The normalized spacial score (nSPS) is 23.7. The average Bonchev–Trinajstić information content (AvgIpc) is 2.61. The molecule has 0 aliphatic carbocycles. The second kappa shape index (κ2) is 11.0. The molecule has 9 heteroatoms. The molecule has 0 radical (unpaired) electrons. The summed E-state index contributed by atoms with van der Waals surface area (Å²) < 4.78 is 38.6. The second-order valence-corrected chi connectivity index (χ2v) is 7.74. The minimum absolute atomic E-state index is 0. The number of aliphatic imine (C=N–C) groups is 1. The fourth-order valence-electron chi connectivity index (χ4n) is 3.70. The number of guanidine groups is 1. The summed E-state index contributed by atoms with van der Waals surface area (Å²) in [6.07, 6.45) is -1.67. The third-order valence-corrected chi connectivity index (χ3v) is 5.84. The minimum Gasteiger partial charge on any atom is -0.355 e. The second-order valence-electron chi connectivity index (χ2n) is 7.74. The fraction of sp³-hybridized carbons (Fsp3) is 0.944. The Morgan fingerprint density at radius 3 is 2.07 bits per heavy atom. The van der Waals surface area contributed by atoms with Crippen LogP contribution in [0.25, 0.3) is 0 Å². The van der Waals surface area contributed by atoms with E-state index < -0.39 is 12.2 Å². The molecular weight excluding hydrogens is 470 g/mol. The van der Waals surface area contributed by atoms with Crippen LogP contribution in [0.1, 0.15) is 33.6 Å². The van der Waals surface area contributed by atoms with E-state index in [1.807, 2.05) is 0 Å². The van der Waals surface area contributed by atoms with Crippen LogP contribution in [0.4, 0.5) is 13.2 Å². The van der Waals surface area contributed by atoms with Crippen LogP contribution in [0.2, 0.25) is 0 Å². The highest BCUT2D eigenvalue weighted by atomic mass is 127. The first kappa shape index (κ1) is 24.7. The molecule has 2 saturated heterocycles. The number of hydrogen-bond acceptors (Lipinski definition) is 3. The minimum atomic E-state index is -4.16. The molecule has 2 rings (SSSR count). The Balaban J connectivity index is 0.00000364. The van der Waals surface area contributed by atoms with Crippen molar-refractivity contribution in [1.82, 2.24) is 20.0 Å². The maximum atomic E-state index is 12.9. The molecule has 160 valence electrons. The number of rotatable bonds is 4. The largest absolute Gasteiger partial charge is 0.403 e. The molecular formula is C18H35F3IN5. The molecule has 2 unspecified atom stereocenters. The molecule has 2 aliphatic heterocycles. The van der Waals surface area contributed by atoms with Gasteiger partial charge in [-0.15, -0.1) is 24.0 Å². The topological polar surface area (TPSA) is 34.1 Å². The van der Waals surface area contributed by atoms with Gasteiger partial charge >= 0.3 is 6.18 Å². The molecule has 5 nitrogen and oxygen atoms in total. The van der Waals surface area contributed by atoms with Crippen molar-refractivity contribution in [2.24, 2.45) is 10.9 Å². The zero-order valence-corrected chi connectivity index (χ0v) is 19.3. The van der Waals surface area contributed by atoms with Gasteiger partial charge in [0.25, 0.3) is 0 Å². The lowest BCUT2D eigenvalue weighted by Gasteiger charge is -2.40. The number of hydrogen-bond donors (Lipinski definition) is 1. The lowest BCUT2D eigenvalue weighted by atomic mass is 9.98. The SMILES string of the molecule is CN=C(NCC(C)N1CCC(C)CC1)N1CCN(C(C)C(F)(F)F)CC1.I. The quantitative estimate of drug-likeness (QED) is 0.362. The Morgan fingerprint density at radius 1 is 1.04 bits per heavy atom. The Morgan fingerprint density at radius 2 is 1.59 bits per heavy atom. The lowest BCUT2D eigenvalue weighted by molar-refractivity contribution is -0.181. The van der Waals surface area contributed by atoms with Crippen LogP contribution in [0, 0.1) is 5.92 Å². The first-order valence-electron chi connectivity index (χ1n) is 9.72. The first-order chi connectivity index (χ1) is 12.2. The van der Waals surface area contributed by atoms with E-state index in [1.54, 1.807) is 7.05 Å². The number of nitrogens with zero attached hydrogens (tertiary/aromatic N) is 4. The molecule has 0 saturated carbocycles. The van der Waals surface area contributed by atoms with E-state index in [2.05, 4.69) is 34.0 Å². The van der Waals surface area contributed by atoms with Gasteiger partial charge in [0.05, 0.1) is 0 Å². The molecule has 0 amide bonds. The summed E-state index contributed by atoms with van der Waals surface area (Å²) in [4.78, 5) is 10.4. The van der Waals surface area contributed by atoms with Crippen LogP contribution in [0.3, 0.4) is 0 Å². The average molecular weight is 505 g/mol. The molecule has 2 aliphatic rings. The molecule has 0 bridgehead atoms. The van der Waals surface area contributed by atoms with Crippen LogP contribution in [0.5, 0.6) is 0 Å². The zero-order chi connectivity index (χ0) is 19.3. The maximum absolute atomic E-state index is 12.9. The van der Waals surface area contributed by atoms with E-state index in [0.717, 1.165) is 31.5 Å². The molecule has 0 aromatic heterocycles. The predicted octanol–water partition coefficient (Wildman–Crippen LogP) is 2.87. The molecule has 0 aromatic rings. The van der Waals surface area contributed by atoms with Crippen LogP contribution in [-0.4, -0.2) is 91.8 Å². The molecule has 0 aromatic carbocycles.